The summed E-state index contributed by atoms with van der Waals surface area (Å²) in [7, 11) is 0. The van der Waals surface area contributed by atoms with E-state index in [9.17, 15) is 5.11 Å². The topological polar surface area (TPSA) is 20.2 Å². The number of phenols is 1. The zero-order valence-corrected chi connectivity index (χ0v) is 8.04. The number of rotatable bonds is 0. The standard InChI is InChI=1S/C9H7ClOS/c1-5-8(10)7(11)4-6-2-3-12-9(5)6/h2-4,11H,1H3. The number of halogens is 1. The Morgan fingerprint density at radius 1 is 1.50 bits per heavy atom. The van der Waals surface area contributed by atoms with Crippen LogP contribution in [0.25, 0.3) is 10.1 Å². The van der Waals surface area contributed by atoms with Crippen molar-refractivity contribution in [3.8, 4) is 5.75 Å². The van der Waals surface area contributed by atoms with Gasteiger partial charge in [0.2, 0.25) is 0 Å². The van der Waals surface area contributed by atoms with Gasteiger partial charge in [-0.1, -0.05) is 11.6 Å². The van der Waals surface area contributed by atoms with Gasteiger partial charge in [0, 0.05) is 4.70 Å². The molecule has 3 heteroatoms. The van der Waals surface area contributed by atoms with Crippen molar-refractivity contribution >= 4 is 33.0 Å². The fraction of sp³-hybridized carbons (Fsp3) is 0.111. The first-order valence-corrected chi connectivity index (χ1v) is 4.81. The van der Waals surface area contributed by atoms with Crippen molar-refractivity contribution in [3.63, 3.8) is 0 Å². The van der Waals surface area contributed by atoms with E-state index in [4.69, 9.17) is 11.6 Å². The van der Waals surface area contributed by atoms with Crippen LogP contribution in [0.4, 0.5) is 0 Å². The van der Waals surface area contributed by atoms with Crippen LogP contribution in [0.2, 0.25) is 5.02 Å². The first-order valence-electron chi connectivity index (χ1n) is 3.55. The highest BCUT2D eigenvalue weighted by Gasteiger charge is 2.07. The molecule has 0 fully saturated rings. The van der Waals surface area contributed by atoms with E-state index in [2.05, 4.69) is 0 Å². The van der Waals surface area contributed by atoms with E-state index in [1.54, 1.807) is 17.4 Å². The number of hydrogen-bond donors (Lipinski definition) is 1. The molecule has 0 unspecified atom stereocenters. The summed E-state index contributed by atoms with van der Waals surface area (Å²) in [5, 5.41) is 12.9. The van der Waals surface area contributed by atoms with Gasteiger partial charge >= 0.3 is 0 Å². The molecule has 1 nitrogen and oxygen atoms in total. The summed E-state index contributed by atoms with van der Waals surface area (Å²) < 4.78 is 1.15. The molecule has 1 N–H and O–H groups in total. The molecule has 0 atom stereocenters. The second-order valence-electron chi connectivity index (χ2n) is 2.67. The number of hydrogen-bond acceptors (Lipinski definition) is 2. The highest BCUT2D eigenvalue weighted by atomic mass is 35.5. The van der Waals surface area contributed by atoms with Crippen LogP contribution in [-0.2, 0) is 0 Å². The summed E-state index contributed by atoms with van der Waals surface area (Å²) in [4.78, 5) is 0. The van der Waals surface area contributed by atoms with E-state index < -0.39 is 0 Å². The second-order valence-corrected chi connectivity index (χ2v) is 3.97. The summed E-state index contributed by atoms with van der Waals surface area (Å²) in [5.74, 6) is 0.167. The minimum absolute atomic E-state index is 0.167. The summed E-state index contributed by atoms with van der Waals surface area (Å²) in [6.07, 6.45) is 0. The van der Waals surface area contributed by atoms with Gasteiger partial charge in [-0.3, -0.25) is 0 Å². The molecule has 1 heterocycles. The lowest BCUT2D eigenvalue weighted by atomic mass is 10.2. The molecule has 0 spiro atoms. The third kappa shape index (κ3) is 0.993. The zero-order chi connectivity index (χ0) is 8.72. The highest BCUT2D eigenvalue weighted by molar-refractivity contribution is 7.17. The summed E-state index contributed by atoms with van der Waals surface area (Å²) >= 11 is 7.51. The fourth-order valence-electron chi connectivity index (χ4n) is 1.24. The lowest BCUT2D eigenvalue weighted by Gasteiger charge is -2.01. The predicted molar refractivity (Wildman–Crippen MR) is 53.2 cm³/mol. The van der Waals surface area contributed by atoms with E-state index in [0.29, 0.717) is 5.02 Å². The van der Waals surface area contributed by atoms with Crippen molar-refractivity contribution < 1.29 is 5.11 Å². The van der Waals surface area contributed by atoms with E-state index >= 15 is 0 Å². The Labute approximate surface area is 79.2 Å². The first kappa shape index (κ1) is 7.90. The number of aromatic hydroxyl groups is 1. The van der Waals surface area contributed by atoms with Gasteiger partial charge in [0.15, 0.2) is 0 Å². The van der Waals surface area contributed by atoms with Gasteiger partial charge in [0.25, 0.3) is 0 Å². The Morgan fingerprint density at radius 2 is 2.25 bits per heavy atom. The smallest absolute Gasteiger partial charge is 0.135 e. The molecule has 0 aliphatic heterocycles. The Kier molecular flexibility index (Phi) is 1.74. The van der Waals surface area contributed by atoms with Gasteiger partial charge < -0.3 is 5.11 Å². The Morgan fingerprint density at radius 3 is 3.00 bits per heavy atom. The maximum absolute atomic E-state index is 9.39. The maximum Gasteiger partial charge on any atom is 0.135 e. The van der Waals surface area contributed by atoms with Crippen LogP contribution in [0.15, 0.2) is 17.5 Å². The van der Waals surface area contributed by atoms with E-state index in [1.165, 1.54) is 0 Å². The largest absolute Gasteiger partial charge is 0.506 e. The summed E-state index contributed by atoms with van der Waals surface area (Å²) in [6, 6.07) is 3.67. The molecular weight excluding hydrogens is 192 g/mol. The van der Waals surface area contributed by atoms with Gasteiger partial charge in [-0.15, -0.1) is 11.3 Å². The molecule has 0 radical (unpaired) electrons. The number of aryl methyl sites for hydroxylation is 1. The molecule has 0 saturated carbocycles. The molecule has 0 aliphatic rings. The lowest BCUT2D eigenvalue weighted by Crippen LogP contribution is -1.76. The van der Waals surface area contributed by atoms with Gasteiger partial charge in [-0.2, -0.15) is 0 Å². The normalized spacial score (nSPS) is 10.8. The highest BCUT2D eigenvalue weighted by Crippen LogP contribution is 2.36. The minimum atomic E-state index is 0.167. The van der Waals surface area contributed by atoms with Crippen LogP contribution < -0.4 is 0 Å². The zero-order valence-electron chi connectivity index (χ0n) is 6.47. The third-order valence-corrected chi connectivity index (χ3v) is 3.41. The first-order chi connectivity index (χ1) is 5.70. The SMILES string of the molecule is Cc1c(Cl)c(O)cc2ccsc12. The molecule has 1 aromatic carbocycles. The Hall–Kier alpha value is -0.730. The molecule has 1 aromatic heterocycles. The molecule has 0 amide bonds. The van der Waals surface area contributed by atoms with Crippen LogP contribution in [0.3, 0.4) is 0 Å². The van der Waals surface area contributed by atoms with Crippen molar-refractivity contribution in [2.75, 3.05) is 0 Å². The third-order valence-electron chi connectivity index (χ3n) is 1.88. The average Bonchev–Trinajstić information content (AvgIpc) is 2.48. The maximum atomic E-state index is 9.39. The monoisotopic (exact) mass is 198 g/mol. The van der Waals surface area contributed by atoms with Gasteiger partial charge in [-0.05, 0) is 35.4 Å². The van der Waals surface area contributed by atoms with Crippen LogP contribution in [-0.4, -0.2) is 5.11 Å². The van der Waals surface area contributed by atoms with Crippen LogP contribution in [0, 0.1) is 6.92 Å². The molecule has 0 aliphatic carbocycles. The van der Waals surface area contributed by atoms with Crippen molar-refractivity contribution in [2.24, 2.45) is 0 Å². The second kappa shape index (κ2) is 2.64. The van der Waals surface area contributed by atoms with E-state index in [0.717, 1.165) is 15.6 Å². The molecule has 2 aromatic rings. The molecule has 0 bridgehead atoms. The van der Waals surface area contributed by atoms with Crippen LogP contribution in [0.1, 0.15) is 5.56 Å². The molecular formula is C9H7ClOS. The number of thiophene rings is 1. The quantitative estimate of drug-likeness (QED) is 0.686. The van der Waals surface area contributed by atoms with Crippen LogP contribution >= 0.6 is 22.9 Å². The summed E-state index contributed by atoms with van der Waals surface area (Å²) in [5.41, 5.74) is 0.960. The van der Waals surface area contributed by atoms with E-state index in [-0.39, 0.29) is 5.75 Å². The molecule has 2 rings (SSSR count). The minimum Gasteiger partial charge on any atom is -0.506 e. The van der Waals surface area contributed by atoms with Crippen LogP contribution in [0.5, 0.6) is 5.75 Å². The summed E-state index contributed by atoms with van der Waals surface area (Å²) in [6.45, 7) is 1.92. The van der Waals surface area contributed by atoms with Crippen molar-refractivity contribution in [2.45, 2.75) is 6.92 Å². The number of fused-ring (bicyclic) bond motifs is 1. The van der Waals surface area contributed by atoms with E-state index in [1.807, 2.05) is 18.4 Å². The van der Waals surface area contributed by atoms with Gasteiger partial charge in [-0.25, -0.2) is 0 Å². The molecule has 0 saturated heterocycles. The number of phenolic OH excluding ortho intramolecular Hbond substituents is 1. The predicted octanol–water partition coefficient (Wildman–Crippen LogP) is 3.57. The Balaban J connectivity index is 2.94. The van der Waals surface area contributed by atoms with Gasteiger partial charge in [0.05, 0.1) is 5.02 Å². The molecule has 12 heavy (non-hydrogen) atoms. The molecule has 62 valence electrons. The fourth-order valence-corrected chi connectivity index (χ4v) is 2.34. The average molecular weight is 199 g/mol. The Bertz CT molecular complexity index is 433. The number of benzene rings is 1. The van der Waals surface area contributed by atoms with Crippen molar-refractivity contribution in [1.29, 1.82) is 0 Å². The van der Waals surface area contributed by atoms with Gasteiger partial charge in [0.1, 0.15) is 5.75 Å². The lowest BCUT2D eigenvalue weighted by molar-refractivity contribution is 0.476. The van der Waals surface area contributed by atoms with Crippen molar-refractivity contribution in [3.05, 3.63) is 28.1 Å². The van der Waals surface area contributed by atoms with Crippen molar-refractivity contribution in [1.82, 2.24) is 0 Å².